The highest BCUT2D eigenvalue weighted by Crippen LogP contribution is 2.18. The third kappa shape index (κ3) is 2.18. The summed E-state index contributed by atoms with van der Waals surface area (Å²) in [5.74, 6) is 0.552. The van der Waals surface area contributed by atoms with E-state index in [0.29, 0.717) is 5.82 Å². The lowest BCUT2D eigenvalue weighted by Crippen LogP contribution is -2.00. The summed E-state index contributed by atoms with van der Waals surface area (Å²) in [4.78, 5) is 15.1. The van der Waals surface area contributed by atoms with Crippen LogP contribution in [0.3, 0.4) is 0 Å². The number of nitrogens with zero attached hydrogens (tertiary/aromatic N) is 3. The van der Waals surface area contributed by atoms with Crippen molar-refractivity contribution in [2.24, 2.45) is 0 Å². The summed E-state index contributed by atoms with van der Waals surface area (Å²) in [6, 6.07) is 6.64. The Balaban J connectivity index is 2.42. The average molecular weight is 231 g/mol. The monoisotopic (exact) mass is 231 g/mol. The quantitative estimate of drug-likeness (QED) is 0.876. The summed E-state index contributed by atoms with van der Waals surface area (Å²) >= 11 is 0. The van der Waals surface area contributed by atoms with Gasteiger partial charge in [-0.3, -0.25) is 0 Å². The van der Waals surface area contributed by atoms with Crippen LogP contribution in [0, 0.1) is 6.92 Å². The Labute approximate surface area is 98.7 Å². The van der Waals surface area contributed by atoms with Crippen molar-refractivity contribution in [1.29, 1.82) is 0 Å². The largest absolute Gasteiger partial charge is 0.478 e. The fourth-order valence-corrected chi connectivity index (χ4v) is 1.65. The van der Waals surface area contributed by atoms with E-state index < -0.39 is 5.97 Å². The average Bonchev–Trinajstić information content (AvgIpc) is 2.70. The van der Waals surface area contributed by atoms with Crippen LogP contribution in [0.25, 0.3) is 11.4 Å². The lowest BCUT2D eigenvalue weighted by atomic mass is 10.1. The van der Waals surface area contributed by atoms with Gasteiger partial charge in [0.25, 0.3) is 0 Å². The van der Waals surface area contributed by atoms with Crippen molar-refractivity contribution in [3.05, 3.63) is 35.7 Å². The van der Waals surface area contributed by atoms with Crippen LogP contribution in [0.5, 0.6) is 0 Å². The standard InChI is InChI=1S/C12H13N3O2/c1-3-15-11(13-8(2)14-15)9-4-6-10(7-5-9)12(16)17/h4-7H,3H2,1-2H3,(H,16,17). The molecule has 1 aromatic heterocycles. The van der Waals surface area contributed by atoms with Crippen LogP contribution in [0.4, 0.5) is 0 Å². The Bertz CT molecular complexity index is 543. The molecular weight excluding hydrogens is 218 g/mol. The van der Waals surface area contributed by atoms with Crippen LogP contribution in [0.15, 0.2) is 24.3 Å². The zero-order valence-corrected chi connectivity index (χ0v) is 9.71. The normalized spacial score (nSPS) is 10.5. The van der Waals surface area contributed by atoms with Gasteiger partial charge in [-0.25, -0.2) is 14.5 Å². The predicted molar refractivity (Wildman–Crippen MR) is 62.8 cm³/mol. The van der Waals surface area contributed by atoms with Crippen molar-refractivity contribution >= 4 is 5.97 Å². The van der Waals surface area contributed by atoms with Crippen molar-refractivity contribution in [3.8, 4) is 11.4 Å². The van der Waals surface area contributed by atoms with Gasteiger partial charge in [0.2, 0.25) is 0 Å². The molecule has 0 fully saturated rings. The van der Waals surface area contributed by atoms with Gasteiger partial charge in [0.05, 0.1) is 5.56 Å². The molecule has 0 atom stereocenters. The fourth-order valence-electron chi connectivity index (χ4n) is 1.65. The molecule has 0 aliphatic carbocycles. The van der Waals surface area contributed by atoms with Crippen molar-refractivity contribution in [2.75, 3.05) is 0 Å². The van der Waals surface area contributed by atoms with Crippen molar-refractivity contribution in [2.45, 2.75) is 20.4 Å². The molecule has 0 aliphatic heterocycles. The second-order valence-corrected chi connectivity index (χ2v) is 3.68. The van der Waals surface area contributed by atoms with Crippen LogP contribution < -0.4 is 0 Å². The lowest BCUT2D eigenvalue weighted by molar-refractivity contribution is 0.0697. The molecule has 0 unspecified atom stereocenters. The number of carboxylic acid groups (broad SMARTS) is 1. The summed E-state index contributed by atoms with van der Waals surface area (Å²) in [6.07, 6.45) is 0. The topological polar surface area (TPSA) is 68.0 Å². The first-order chi connectivity index (χ1) is 8.11. The van der Waals surface area contributed by atoms with E-state index in [1.165, 1.54) is 0 Å². The van der Waals surface area contributed by atoms with Gasteiger partial charge in [0.15, 0.2) is 5.82 Å². The van der Waals surface area contributed by atoms with E-state index >= 15 is 0 Å². The van der Waals surface area contributed by atoms with E-state index in [2.05, 4.69) is 10.1 Å². The Hall–Kier alpha value is -2.17. The highest BCUT2D eigenvalue weighted by molar-refractivity contribution is 5.88. The number of rotatable bonds is 3. The van der Waals surface area contributed by atoms with Gasteiger partial charge in [-0.15, -0.1) is 0 Å². The van der Waals surface area contributed by atoms with E-state index in [-0.39, 0.29) is 5.56 Å². The molecule has 17 heavy (non-hydrogen) atoms. The molecule has 1 N–H and O–H groups in total. The molecule has 0 spiro atoms. The maximum absolute atomic E-state index is 10.7. The molecule has 0 saturated heterocycles. The molecule has 0 amide bonds. The molecular formula is C12H13N3O2. The highest BCUT2D eigenvalue weighted by Gasteiger charge is 2.09. The summed E-state index contributed by atoms with van der Waals surface area (Å²) in [5.41, 5.74) is 1.14. The predicted octanol–water partition coefficient (Wildman–Crippen LogP) is 1.97. The highest BCUT2D eigenvalue weighted by atomic mass is 16.4. The van der Waals surface area contributed by atoms with Crippen molar-refractivity contribution in [3.63, 3.8) is 0 Å². The first kappa shape index (κ1) is 11.3. The number of aromatic carboxylic acids is 1. The zero-order chi connectivity index (χ0) is 12.4. The van der Waals surface area contributed by atoms with Crippen LogP contribution >= 0.6 is 0 Å². The molecule has 5 heteroatoms. The number of aromatic nitrogens is 3. The summed E-state index contributed by atoms with van der Waals surface area (Å²) in [7, 11) is 0. The van der Waals surface area contributed by atoms with E-state index in [4.69, 9.17) is 5.11 Å². The maximum atomic E-state index is 10.7. The van der Waals surface area contributed by atoms with E-state index in [0.717, 1.165) is 17.9 Å². The van der Waals surface area contributed by atoms with E-state index in [1.807, 2.05) is 13.8 Å². The lowest BCUT2D eigenvalue weighted by Gasteiger charge is -2.02. The maximum Gasteiger partial charge on any atom is 0.335 e. The summed E-state index contributed by atoms with van der Waals surface area (Å²) in [5, 5.41) is 13.1. The Kier molecular flexibility index (Phi) is 2.91. The van der Waals surface area contributed by atoms with Gasteiger partial charge < -0.3 is 5.11 Å². The van der Waals surface area contributed by atoms with Gasteiger partial charge in [-0.2, -0.15) is 5.10 Å². The number of carbonyl (C=O) groups is 1. The third-order valence-corrected chi connectivity index (χ3v) is 2.47. The van der Waals surface area contributed by atoms with Gasteiger partial charge >= 0.3 is 5.97 Å². The minimum Gasteiger partial charge on any atom is -0.478 e. The molecule has 5 nitrogen and oxygen atoms in total. The van der Waals surface area contributed by atoms with Gasteiger partial charge in [-0.05, 0) is 26.0 Å². The second kappa shape index (κ2) is 4.37. The first-order valence-corrected chi connectivity index (χ1v) is 5.37. The number of hydrogen-bond acceptors (Lipinski definition) is 3. The smallest absolute Gasteiger partial charge is 0.335 e. The molecule has 2 rings (SSSR count). The minimum absolute atomic E-state index is 0.271. The van der Waals surface area contributed by atoms with Crippen LogP contribution in [-0.2, 0) is 6.54 Å². The van der Waals surface area contributed by atoms with Crippen LogP contribution in [0.1, 0.15) is 23.1 Å². The van der Waals surface area contributed by atoms with Gasteiger partial charge in [0.1, 0.15) is 5.82 Å². The molecule has 0 bridgehead atoms. The zero-order valence-electron chi connectivity index (χ0n) is 9.71. The number of hydrogen-bond donors (Lipinski definition) is 1. The molecule has 0 radical (unpaired) electrons. The minimum atomic E-state index is -0.926. The summed E-state index contributed by atoms with van der Waals surface area (Å²) < 4.78 is 1.80. The Morgan fingerprint density at radius 3 is 2.53 bits per heavy atom. The molecule has 2 aromatic rings. The second-order valence-electron chi connectivity index (χ2n) is 3.68. The fraction of sp³-hybridized carbons (Fsp3) is 0.250. The van der Waals surface area contributed by atoms with E-state index in [9.17, 15) is 4.79 Å². The number of carboxylic acids is 1. The Morgan fingerprint density at radius 2 is 2.00 bits per heavy atom. The molecule has 0 aliphatic rings. The first-order valence-electron chi connectivity index (χ1n) is 5.37. The van der Waals surface area contributed by atoms with Crippen molar-refractivity contribution < 1.29 is 9.90 Å². The molecule has 1 aromatic carbocycles. The molecule has 0 saturated carbocycles. The Morgan fingerprint density at radius 1 is 1.35 bits per heavy atom. The van der Waals surface area contributed by atoms with Gasteiger partial charge in [-0.1, -0.05) is 12.1 Å². The van der Waals surface area contributed by atoms with E-state index in [1.54, 1.807) is 28.9 Å². The third-order valence-electron chi connectivity index (χ3n) is 2.47. The van der Waals surface area contributed by atoms with Gasteiger partial charge in [0, 0.05) is 12.1 Å². The molecule has 1 heterocycles. The number of benzene rings is 1. The number of aryl methyl sites for hydroxylation is 2. The van der Waals surface area contributed by atoms with Crippen LogP contribution in [-0.4, -0.2) is 25.8 Å². The van der Waals surface area contributed by atoms with Crippen molar-refractivity contribution in [1.82, 2.24) is 14.8 Å². The summed E-state index contributed by atoms with van der Waals surface area (Å²) in [6.45, 7) is 4.56. The molecule has 88 valence electrons. The van der Waals surface area contributed by atoms with Crippen LogP contribution in [0.2, 0.25) is 0 Å². The SMILES string of the molecule is CCn1nc(C)nc1-c1ccc(C(=O)O)cc1.